The zero-order valence-corrected chi connectivity index (χ0v) is 13.2. The van der Waals surface area contributed by atoms with Gasteiger partial charge in [-0.3, -0.25) is 0 Å². The Kier molecular flexibility index (Phi) is 7.96. The summed E-state index contributed by atoms with van der Waals surface area (Å²) in [5.74, 6) is 0.852. The topological polar surface area (TPSA) is 35.5 Å². The summed E-state index contributed by atoms with van der Waals surface area (Å²) in [6, 6.07) is 0. The highest BCUT2D eigenvalue weighted by Gasteiger charge is 2.35. The van der Waals surface area contributed by atoms with Crippen molar-refractivity contribution < 1.29 is 5.11 Å². The minimum atomic E-state index is 0.285. The fourth-order valence-electron chi connectivity index (χ4n) is 3.72. The van der Waals surface area contributed by atoms with Crippen LogP contribution in [0.5, 0.6) is 0 Å². The van der Waals surface area contributed by atoms with E-state index >= 15 is 0 Å². The average molecular weight is 270 g/mol. The van der Waals surface area contributed by atoms with E-state index in [-0.39, 0.29) is 6.61 Å². The van der Waals surface area contributed by atoms with Crippen molar-refractivity contribution in [3.8, 4) is 0 Å². The van der Waals surface area contributed by atoms with E-state index in [4.69, 9.17) is 0 Å². The second-order valence-electron chi connectivity index (χ2n) is 6.48. The monoisotopic (exact) mass is 270 g/mol. The van der Waals surface area contributed by atoms with Gasteiger partial charge in [0, 0.05) is 19.6 Å². The fraction of sp³-hybridized carbons (Fsp3) is 1.00. The first-order chi connectivity index (χ1) is 9.15. The lowest BCUT2D eigenvalue weighted by Gasteiger charge is -2.43. The summed E-state index contributed by atoms with van der Waals surface area (Å²) in [6.45, 7) is 12.4. The lowest BCUT2D eigenvalue weighted by molar-refractivity contribution is 0.0707. The quantitative estimate of drug-likeness (QED) is 0.676. The molecule has 0 aromatic rings. The van der Waals surface area contributed by atoms with Crippen LogP contribution in [0.15, 0.2) is 0 Å². The van der Waals surface area contributed by atoms with E-state index in [1.54, 1.807) is 0 Å². The lowest BCUT2D eigenvalue weighted by Crippen LogP contribution is -2.47. The summed E-state index contributed by atoms with van der Waals surface area (Å²) in [5, 5.41) is 12.8. The largest absolute Gasteiger partial charge is 0.395 e. The summed E-state index contributed by atoms with van der Waals surface area (Å²) < 4.78 is 0. The number of aliphatic hydroxyl groups is 1. The molecular formula is C16H34N2O. The van der Waals surface area contributed by atoms with Crippen molar-refractivity contribution in [2.75, 3.05) is 39.3 Å². The van der Waals surface area contributed by atoms with E-state index in [0.717, 1.165) is 38.6 Å². The second-order valence-corrected chi connectivity index (χ2v) is 6.48. The van der Waals surface area contributed by atoms with Gasteiger partial charge in [0.25, 0.3) is 0 Å². The Morgan fingerprint density at radius 1 is 1.32 bits per heavy atom. The van der Waals surface area contributed by atoms with Gasteiger partial charge in [0.2, 0.25) is 0 Å². The highest BCUT2D eigenvalue weighted by Crippen LogP contribution is 2.39. The highest BCUT2D eigenvalue weighted by atomic mass is 16.3. The molecule has 0 aromatic heterocycles. The maximum absolute atomic E-state index is 9.25. The Morgan fingerprint density at radius 2 is 2.11 bits per heavy atom. The van der Waals surface area contributed by atoms with Crippen molar-refractivity contribution in [2.45, 2.75) is 52.9 Å². The number of nitrogens with zero attached hydrogens (tertiary/aromatic N) is 1. The molecule has 19 heavy (non-hydrogen) atoms. The molecule has 0 radical (unpaired) electrons. The van der Waals surface area contributed by atoms with Gasteiger partial charge in [0.1, 0.15) is 0 Å². The molecule has 1 aliphatic rings. The van der Waals surface area contributed by atoms with Crippen LogP contribution in [0.3, 0.4) is 0 Å². The molecule has 2 unspecified atom stereocenters. The standard InChI is InChI=1S/C16H34N2O/c1-4-9-18(10-11-19)14-16(13-17-5-2)8-6-7-15(3)12-16/h15,17,19H,4-14H2,1-3H3. The van der Waals surface area contributed by atoms with Crippen molar-refractivity contribution in [1.82, 2.24) is 10.2 Å². The van der Waals surface area contributed by atoms with Crippen LogP contribution in [0.4, 0.5) is 0 Å². The predicted molar refractivity (Wildman–Crippen MR) is 82.4 cm³/mol. The van der Waals surface area contributed by atoms with Crippen molar-refractivity contribution in [3.63, 3.8) is 0 Å². The minimum absolute atomic E-state index is 0.285. The van der Waals surface area contributed by atoms with Gasteiger partial charge in [-0.15, -0.1) is 0 Å². The third kappa shape index (κ3) is 5.80. The van der Waals surface area contributed by atoms with Crippen LogP contribution in [0.25, 0.3) is 0 Å². The Morgan fingerprint density at radius 3 is 2.68 bits per heavy atom. The van der Waals surface area contributed by atoms with Gasteiger partial charge < -0.3 is 15.3 Å². The normalized spacial score (nSPS) is 27.9. The molecule has 1 fully saturated rings. The molecule has 0 saturated heterocycles. The molecule has 1 aliphatic carbocycles. The van der Waals surface area contributed by atoms with Gasteiger partial charge in [0.15, 0.2) is 0 Å². The first-order valence-electron chi connectivity index (χ1n) is 8.19. The highest BCUT2D eigenvalue weighted by molar-refractivity contribution is 4.89. The van der Waals surface area contributed by atoms with Crippen LogP contribution in [-0.4, -0.2) is 49.3 Å². The molecule has 0 spiro atoms. The number of nitrogens with one attached hydrogen (secondary N) is 1. The van der Waals surface area contributed by atoms with Crippen molar-refractivity contribution >= 4 is 0 Å². The van der Waals surface area contributed by atoms with Gasteiger partial charge in [-0.05, 0) is 43.7 Å². The molecule has 3 nitrogen and oxygen atoms in total. The van der Waals surface area contributed by atoms with Crippen LogP contribution in [0.2, 0.25) is 0 Å². The summed E-state index contributed by atoms with van der Waals surface area (Å²) in [5.41, 5.74) is 0.429. The van der Waals surface area contributed by atoms with Gasteiger partial charge in [-0.2, -0.15) is 0 Å². The summed E-state index contributed by atoms with van der Waals surface area (Å²) in [4.78, 5) is 2.47. The summed E-state index contributed by atoms with van der Waals surface area (Å²) in [6.07, 6.45) is 6.61. The first kappa shape index (κ1) is 16.9. The molecule has 2 atom stereocenters. The van der Waals surface area contributed by atoms with Crippen LogP contribution in [-0.2, 0) is 0 Å². The minimum Gasteiger partial charge on any atom is -0.395 e. The van der Waals surface area contributed by atoms with E-state index in [0.29, 0.717) is 5.41 Å². The summed E-state index contributed by atoms with van der Waals surface area (Å²) >= 11 is 0. The molecule has 0 aliphatic heterocycles. The molecule has 0 bridgehead atoms. The lowest BCUT2D eigenvalue weighted by atomic mass is 9.69. The smallest absolute Gasteiger partial charge is 0.0558 e. The van der Waals surface area contributed by atoms with E-state index in [2.05, 4.69) is 31.0 Å². The SMILES string of the molecule is CCCN(CCO)CC1(CNCC)CCCC(C)C1. The zero-order chi connectivity index (χ0) is 14.1. The van der Waals surface area contributed by atoms with E-state index in [1.165, 1.54) is 32.1 Å². The van der Waals surface area contributed by atoms with E-state index < -0.39 is 0 Å². The van der Waals surface area contributed by atoms with E-state index in [1.807, 2.05) is 0 Å². The molecule has 1 rings (SSSR count). The van der Waals surface area contributed by atoms with Crippen molar-refractivity contribution in [3.05, 3.63) is 0 Å². The number of hydrogen-bond acceptors (Lipinski definition) is 3. The first-order valence-corrected chi connectivity index (χ1v) is 8.19. The molecule has 114 valence electrons. The maximum atomic E-state index is 9.25. The Bertz CT molecular complexity index is 229. The summed E-state index contributed by atoms with van der Waals surface area (Å²) in [7, 11) is 0. The molecule has 3 heteroatoms. The molecule has 0 aromatic carbocycles. The predicted octanol–water partition coefficient (Wildman–Crippen LogP) is 2.50. The van der Waals surface area contributed by atoms with Crippen LogP contribution in [0, 0.1) is 11.3 Å². The Labute approximate surface area is 119 Å². The van der Waals surface area contributed by atoms with Crippen LogP contribution < -0.4 is 5.32 Å². The van der Waals surface area contributed by atoms with E-state index in [9.17, 15) is 5.11 Å². The van der Waals surface area contributed by atoms with Crippen LogP contribution >= 0.6 is 0 Å². The molecule has 2 N–H and O–H groups in total. The number of hydrogen-bond donors (Lipinski definition) is 2. The molecule has 0 amide bonds. The van der Waals surface area contributed by atoms with Gasteiger partial charge >= 0.3 is 0 Å². The molecular weight excluding hydrogens is 236 g/mol. The van der Waals surface area contributed by atoms with Crippen molar-refractivity contribution in [1.29, 1.82) is 0 Å². The van der Waals surface area contributed by atoms with Gasteiger partial charge in [0.05, 0.1) is 6.61 Å². The Balaban J connectivity index is 2.65. The van der Waals surface area contributed by atoms with Gasteiger partial charge in [-0.25, -0.2) is 0 Å². The third-order valence-corrected chi connectivity index (χ3v) is 4.45. The average Bonchev–Trinajstić information content (AvgIpc) is 2.37. The maximum Gasteiger partial charge on any atom is 0.0558 e. The van der Waals surface area contributed by atoms with Crippen molar-refractivity contribution in [2.24, 2.45) is 11.3 Å². The Hall–Kier alpha value is -0.120. The molecule has 1 saturated carbocycles. The van der Waals surface area contributed by atoms with Gasteiger partial charge in [-0.1, -0.05) is 33.6 Å². The fourth-order valence-corrected chi connectivity index (χ4v) is 3.72. The third-order valence-electron chi connectivity index (χ3n) is 4.45. The second kappa shape index (κ2) is 8.93. The number of rotatable bonds is 9. The van der Waals surface area contributed by atoms with Crippen LogP contribution in [0.1, 0.15) is 52.9 Å². The number of aliphatic hydroxyl groups excluding tert-OH is 1. The molecule has 0 heterocycles. The zero-order valence-electron chi connectivity index (χ0n) is 13.2.